The van der Waals surface area contributed by atoms with E-state index in [1.807, 2.05) is 32.9 Å². The lowest BCUT2D eigenvalue weighted by molar-refractivity contribution is -0.141. The molecule has 122 valence electrons. The van der Waals surface area contributed by atoms with Gasteiger partial charge in [-0.2, -0.15) is 0 Å². The molecule has 0 saturated carbocycles. The van der Waals surface area contributed by atoms with E-state index in [-0.39, 0.29) is 11.4 Å². The summed E-state index contributed by atoms with van der Waals surface area (Å²) in [6, 6.07) is 10.3. The Morgan fingerprint density at radius 1 is 1.17 bits per heavy atom. The summed E-state index contributed by atoms with van der Waals surface area (Å²) in [5.74, 6) is 0.624. The predicted octanol–water partition coefficient (Wildman–Crippen LogP) is 4.72. The van der Waals surface area contributed by atoms with Crippen molar-refractivity contribution in [1.29, 1.82) is 0 Å². The van der Waals surface area contributed by atoms with Crippen molar-refractivity contribution >= 4 is 22.3 Å². The number of methoxy groups -OCH3 is 2. The van der Waals surface area contributed by atoms with Crippen LogP contribution in [0.5, 0.6) is 5.75 Å². The van der Waals surface area contributed by atoms with Crippen LogP contribution in [0.1, 0.15) is 38.3 Å². The van der Waals surface area contributed by atoms with E-state index in [4.69, 9.17) is 9.47 Å². The molecule has 0 atom stereocenters. The highest BCUT2D eigenvalue weighted by Gasteiger charge is 2.25. The summed E-state index contributed by atoms with van der Waals surface area (Å²) >= 11 is 0. The quantitative estimate of drug-likeness (QED) is 0.749. The largest absolute Gasteiger partial charge is 0.496 e. The third kappa shape index (κ3) is 3.39. The predicted molar refractivity (Wildman–Crippen MR) is 94.9 cm³/mol. The minimum Gasteiger partial charge on any atom is -0.496 e. The van der Waals surface area contributed by atoms with Gasteiger partial charge >= 0.3 is 5.97 Å². The number of carbonyl (C=O) groups excluding carboxylic acids is 1. The van der Waals surface area contributed by atoms with Gasteiger partial charge in [0.05, 0.1) is 20.6 Å². The second-order valence-electron chi connectivity index (χ2n) is 6.50. The highest BCUT2D eigenvalue weighted by Crippen LogP contribution is 2.36. The third-order valence-electron chi connectivity index (χ3n) is 4.22. The fourth-order valence-corrected chi connectivity index (χ4v) is 2.88. The van der Waals surface area contributed by atoms with Gasteiger partial charge in [0.1, 0.15) is 5.75 Å². The minimum absolute atomic E-state index is 0.201. The van der Waals surface area contributed by atoms with E-state index >= 15 is 0 Å². The van der Waals surface area contributed by atoms with Crippen molar-refractivity contribution in [2.75, 3.05) is 14.2 Å². The van der Waals surface area contributed by atoms with Crippen molar-refractivity contribution in [1.82, 2.24) is 0 Å². The molecule has 3 nitrogen and oxygen atoms in total. The van der Waals surface area contributed by atoms with Gasteiger partial charge in [-0.05, 0) is 34.9 Å². The summed E-state index contributed by atoms with van der Waals surface area (Å²) < 4.78 is 10.3. The first-order valence-corrected chi connectivity index (χ1v) is 7.64. The molecule has 2 aromatic carbocycles. The Balaban J connectivity index is 2.56. The smallest absolute Gasteiger partial charge is 0.306 e. The Morgan fingerprint density at radius 2 is 1.87 bits per heavy atom. The SMILES string of the molecule is C=C(C)c1c(OC)ccc2cc(C(C)(C)CC(=O)OC)ccc12. The van der Waals surface area contributed by atoms with Gasteiger partial charge in [-0.3, -0.25) is 4.79 Å². The lowest BCUT2D eigenvalue weighted by atomic mass is 9.80. The zero-order valence-electron chi connectivity index (χ0n) is 14.5. The lowest BCUT2D eigenvalue weighted by Gasteiger charge is -2.24. The highest BCUT2D eigenvalue weighted by molar-refractivity contribution is 5.96. The van der Waals surface area contributed by atoms with Gasteiger partial charge in [-0.1, -0.05) is 44.7 Å². The average molecular weight is 312 g/mol. The van der Waals surface area contributed by atoms with E-state index in [2.05, 4.69) is 24.8 Å². The maximum atomic E-state index is 11.6. The van der Waals surface area contributed by atoms with Crippen LogP contribution < -0.4 is 4.74 Å². The zero-order valence-corrected chi connectivity index (χ0v) is 14.5. The molecule has 0 spiro atoms. The standard InChI is InChI=1S/C20H24O3/c1-13(2)19-16-9-8-15(20(3,4)12-18(21)23-6)11-14(16)7-10-17(19)22-5/h7-11H,1,12H2,2-6H3. The second kappa shape index (κ2) is 6.45. The third-order valence-corrected chi connectivity index (χ3v) is 4.22. The summed E-state index contributed by atoms with van der Waals surface area (Å²) in [4.78, 5) is 11.6. The molecule has 23 heavy (non-hydrogen) atoms. The van der Waals surface area contributed by atoms with Crippen LogP contribution in [-0.2, 0) is 14.9 Å². The molecule has 0 aliphatic carbocycles. The Bertz CT molecular complexity index is 757. The van der Waals surface area contributed by atoms with Gasteiger partial charge in [0.2, 0.25) is 0 Å². The average Bonchev–Trinajstić information content (AvgIpc) is 2.52. The molecule has 0 bridgehead atoms. The Labute approximate surface area is 137 Å². The van der Waals surface area contributed by atoms with E-state index in [0.717, 1.165) is 33.2 Å². The topological polar surface area (TPSA) is 35.5 Å². The molecule has 0 aromatic heterocycles. The Hall–Kier alpha value is -2.29. The molecule has 2 rings (SSSR count). The number of carbonyl (C=O) groups is 1. The van der Waals surface area contributed by atoms with Crippen LogP contribution in [-0.4, -0.2) is 20.2 Å². The lowest BCUT2D eigenvalue weighted by Crippen LogP contribution is -2.22. The molecule has 0 aliphatic rings. The van der Waals surface area contributed by atoms with E-state index in [0.29, 0.717) is 6.42 Å². The molecule has 0 amide bonds. The highest BCUT2D eigenvalue weighted by atomic mass is 16.5. The normalized spacial score (nSPS) is 11.3. The van der Waals surface area contributed by atoms with Crippen LogP contribution in [0.3, 0.4) is 0 Å². The van der Waals surface area contributed by atoms with E-state index in [1.165, 1.54) is 7.11 Å². The van der Waals surface area contributed by atoms with Crippen LogP contribution >= 0.6 is 0 Å². The molecular weight excluding hydrogens is 288 g/mol. The van der Waals surface area contributed by atoms with Gasteiger partial charge in [-0.15, -0.1) is 0 Å². The molecule has 0 unspecified atom stereocenters. The molecule has 0 heterocycles. The molecular formula is C20H24O3. The number of rotatable bonds is 5. The first-order valence-electron chi connectivity index (χ1n) is 7.64. The van der Waals surface area contributed by atoms with Crippen molar-refractivity contribution < 1.29 is 14.3 Å². The summed E-state index contributed by atoms with van der Waals surface area (Å²) in [6.07, 6.45) is 0.346. The first-order chi connectivity index (χ1) is 10.8. The van der Waals surface area contributed by atoms with Gasteiger partial charge in [0.15, 0.2) is 0 Å². The fourth-order valence-electron chi connectivity index (χ4n) is 2.88. The van der Waals surface area contributed by atoms with Crippen molar-refractivity contribution in [2.45, 2.75) is 32.6 Å². The van der Waals surface area contributed by atoms with Crippen LogP contribution in [0.25, 0.3) is 16.3 Å². The Kier molecular flexibility index (Phi) is 4.79. The monoisotopic (exact) mass is 312 g/mol. The van der Waals surface area contributed by atoms with E-state index < -0.39 is 0 Å². The fraction of sp³-hybridized carbons (Fsp3) is 0.350. The Morgan fingerprint density at radius 3 is 2.43 bits per heavy atom. The number of benzene rings is 2. The van der Waals surface area contributed by atoms with Gasteiger partial charge in [0, 0.05) is 11.0 Å². The van der Waals surface area contributed by atoms with E-state index in [1.54, 1.807) is 7.11 Å². The molecule has 3 heteroatoms. The van der Waals surface area contributed by atoms with Crippen LogP contribution in [0.2, 0.25) is 0 Å². The number of ether oxygens (including phenoxy) is 2. The molecule has 0 fully saturated rings. The molecule has 0 N–H and O–H groups in total. The summed E-state index contributed by atoms with van der Waals surface area (Å²) in [5, 5.41) is 2.22. The van der Waals surface area contributed by atoms with E-state index in [9.17, 15) is 4.79 Å². The van der Waals surface area contributed by atoms with Gasteiger partial charge in [0.25, 0.3) is 0 Å². The molecule has 0 saturated heterocycles. The van der Waals surface area contributed by atoms with Crippen molar-refractivity contribution in [3.05, 3.63) is 48.0 Å². The van der Waals surface area contributed by atoms with Crippen molar-refractivity contribution in [3.63, 3.8) is 0 Å². The molecule has 2 aromatic rings. The van der Waals surface area contributed by atoms with Crippen molar-refractivity contribution in [2.24, 2.45) is 0 Å². The summed E-state index contributed by atoms with van der Waals surface area (Å²) in [7, 11) is 3.09. The number of hydrogen-bond acceptors (Lipinski definition) is 3. The minimum atomic E-state index is -0.287. The maximum absolute atomic E-state index is 11.6. The number of fused-ring (bicyclic) bond motifs is 1. The molecule has 0 radical (unpaired) electrons. The second-order valence-corrected chi connectivity index (χ2v) is 6.50. The zero-order chi connectivity index (χ0) is 17.2. The van der Waals surface area contributed by atoms with Crippen molar-refractivity contribution in [3.8, 4) is 5.75 Å². The van der Waals surface area contributed by atoms with Gasteiger partial charge in [-0.25, -0.2) is 0 Å². The van der Waals surface area contributed by atoms with Crippen LogP contribution in [0.15, 0.2) is 36.9 Å². The van der Waals surface area contributed by atoms with Gasteiger partial charge < -0.3 is 9.47 Å². The van der Waals surface area contributed by atoms with Crippen LogP contribution in [0, 0.1) is 0 Å². The number of hydrogen-bond donors (Lipinski definition) is 0. The summed E-state index contributed by atoms with van der Waals surface area (Å²) in [6.45, 7) is 10.1. The molecule has 0 aliphatic heterocycles. The number of esters is 1. The van der Waals surface area contributed by atoms with Crippen LogP contribution in [0.4, 0.5) is 0 Å². The summed E-state index contributed by atoms with van der Waals surface area (Å²) in [5.41, 5.74) is 2.81. The maximum Gasteiger partial charge on any atom is 0.306 e. The first kappa shape index (κ1) is 17.1. The number of allylic oxidation sites excluding steroid dienone is 1.